The highest BCUT2D eigenvalue weighted by molar-refractivity contribution is 5.80. The van der Waals surface area contributed by atoms with E-state index in [1.54, 1.807) is 13.0 Å². The summed E-state index contributed by atoms with van der Waals surface area (Å²) in [6.07, 6.45) is -1.66. The van der Waals surface area contributed by atoms with Crippen molar-refractivity contribution in [1.82, 2.24) is 25.7 Å². The van der Waals surface area contributed by atoms with E-state index >= 15 is 0 Å². The predicted octanol–water partition coefficient (Wildman–Crippen LogP) is 5.19. The van der Waals surface area contributed by atoms with Crippen molar-refractivity contribution >= 4 is 5.82 Å². The summed E-state index contributed by atoms with van der Waals surface area (Å²) in [5.41, 5.74) is 1.16. The Balaban J connectivity index is 1.68. The third-order valence-corrected chi connectivity index (χ3v) is 6.43. The average molecular weight is 505 g/mol. The fraction of sp³-hybridized carbons (Fsp3) is 0.480. The van der Waals surface area contributed by atoms with Crippen molar-refractivity contribution in [1.29, 1.82) is 0 Å². The van der Waals surface area contributed by atoms with Crippen molar-refractivity contribution in [3.63, 3.8) is 0 Å². The van der Waals surface area contributed by atoms with Gasteiger partial charge in [-0.1, -0.05) is 0 Å². The lowest BCUT2D eigenvalue weighted by atomic mass is 9.79. The molecular weight excluding hydrogens is 473 g/mol. The van der Waals surface area contributed by atoms with E-state index in [9.17, 15) is 18.3 Å². The fourth-order valence-electron chi connectivity index (χ4n) is 5.25. The monoisotopic (exact) mass is 504 g/mol. The second kappa shape index (κ2) is 8.95. The number of alkyl halides is 3. The number of hydrogen-bond acceptors (Lipinski definition) is 7. The standard InChI is InChI=1S/C25H31F3N6O2/c1-14-17(13-29-30-14)15-9-19(35)22(20(10-15)36-25(26,27)28)18-7-8-21(32-31-18)34(6)16-11-23(2,3)33-24(4,5)12-16/h7-10,13,16,33,35H,11-12H2,1-6H3,(H,29,30). The van der Waals surface area contributed by atoms with E-state index in [2.05, 4.69) is 58.1 Å². The van der Waals surface area contributed by atoms with Crippen LogP contribution in [0.25, 0.3) is 22.4 Å². The number of anilines is 1. The first-order chi connectivity index (χ1) is 16.6. The number of nitrogens with zero attached hydrogens (tertiary/aromatic N) is 4. The van der Waals surface area contributed by atoms with Crippen molar-refractivity contribution < 1.29 is 23.0 Å². The van der Waals surface area contributed by atoms with Crippen LogP contribution in [0.1, 0.15) is 46.2 Å². The van der Waals surface area contributed by atoms with Gasteiger partial charge in [0.15, 0.2) is 5.82 Å². The molecule has 0 spiro atoms. The van der Waals surface area contributed by atoms with Crippen LogP contribution in [0.15, 0.2) is 30.5 Å². The van der Waals surface area contributed by atoms with E-state index in [0.29, 0.717) is 22.6 Å². The van der Waals surface area contributed by atoms with Crippen molar-refractivity contribution in [2.45, 2.75) is 70.9 Å². The molecule has 0 bridgehead atoms. The quantitative estimate of drug-likeness (QED) is 0.440. The summed E-state index contributed by atoms with van der Waals surface area (Å²) in [6, 6.07) is 5.98. The van der Waals surface area contributed by atoms with E-state index in [1.807, 2.05) is 11.9 Å². The van der Waals surface area contributed by atoms with Crippen LogP contribution in [0, 0.1) is 6.92 Å². The fourth-order valence-corrected chi connectivity index (χ4v) is 5.25. The number of phenolic OH excluding ortho intramolecular Hbond substituents is 1. The van der Waals surface area contributed by atoms with Gasteiger partial charge < -0.3 is 20.1 Å². The molecule has 1 aliphatic heterocycles. The molecule has 11 heteroatoms. The molecule has 0 amide bonds. The van der Waals surface area contributed by atoms with Gasteiger partial charge in [0.1, 0.15) is 17.2 Å². The Kier molecular flexibility index (Phi) is 6.40. The van der Waals surface area contributed by atoms with Gasteiger partial charge >= 0.3 is 6.36 Å². The van der Waals surface area contributed by atoms with Crippen molar-refractivity contribution in [3.8, 4) is 33.9 Å². The minimum Gasteiger partial charge on any atom is -0.507 e. The molecule has 0 saturated carbocycles. The Labute approximate surface area is 207 Å². The molecule has 1 aromatic carbocycles. The van der Waals surface area contributed by atoms with Crippen LogP contribution < -0.4 is 15.0 Å². The molecular formula is C25H31F3N6O2. The summed E-state index contributed by atoms with van der Waals surface area (Å²) >= 11 is 0. The maximum absolute atomic E-state index is 13.3. The molecule has 4 rings (SSSR count). The number of piperidine rings is 1. The van der Waals surface area contributed by atoms with Gasteiger partial charge in [-0.2, -0.15) is 5.10 Å². The van der Waals surface area contributed by atoms with Gasteiger partial charge in [-0.05, 0) is 77.3 Å². The molecule has 3 aromatic rings. The highest BCUT2D eigenvalue weighted by Crippen LogP contribution is 2.43. The zero-order valence-corrected chi connectivity index (χ0v) is 21.2. The van der Waals surface area contributed by atoms with Crippen molar-refractivity contribution in [3.05, 3.63) is 36.2 Å². The zero-order chi connectivity index (χ0) is 26.5. The first-order valence-electron chi connectivity index (χ1n) is 11.6. The summed E-state index contributed by atoms with van der Waals surface area (Å²) in [5.74, 6) is -0.402. The number of halogens is 3. The Hall–Kier alpha value is -3.34. The van der Waals surface area contributed by atoms with E-state index in [0.717, 1.165) is 12.8 Å². The van der Waals surface area contributed by atoms with E-state index in [-0.39, 0.29) is 28.4 Å². The number of phenols is 1. The number of rotatable bonds is 5. The van der Waals surface area contributed by atoms with Gasteiger partial charge in [-0.3, -0.25) is 5.10 Å². The summed E-state index contributed by atoms with van der Waals surface area (Å²) in [7, 11) is 1.93. The van der Waals surface area contributed by atoms with Crippen LogP contribution in [-0.4, -0.2) is 56.0 Å². The highest BCUT2D eigenvalue weighted by Gasteiger charge is 2.39. The van der Waals surface area contributed by atoms with Crippen LogP contribution in [0.4, 0.5) is 19.0 Å². The first-order valence-corrected chi connectivity index (χ1v) is 11.6. The van der Waals surface area contributed by atoms with Crippen LogP contribution >= 0.6 is 0 Å². The van der Waals surface area contributed by atoms with Gasteiger partial charge in [-0.15, -0.1) is 23.4 Å². The molecule has 3 heterocycles. The summed E-state index contributed by atoms with van der Waals surface area (Å²) in [4.78, 5) is 2.04. The third-order valence-electron chi connectivity index (χ3n) is 6.43. The minimum atomic E-state index is -4.96. The van der Waals surface area contributed by atoms with E-state index in [4.69, 9.17) is 0 Å². The second-order valence-corrected chi connectivity index (χ2v) is 10.6. The normalized spacial score (nSPS) is 17.7. The maximum Gasteiger partial charge on any atom is 0.573 e. The number of aromatic nitrogens is 4. The Morgan fingerprint density at radius 1 is 1.08 bits per heavy atom. The first kappa shape index (κ1) is 25.7. The molecule has 0 unspecified atom stereocenters. The highest BCUT2D eigenvalue weighted by atomic mass is 19.4. The van der Waals surface area contributed by atoms with E-state index in [1.165, 1.54) is 24.4 Å². The molecule has 36 heavy (non-hydrogen) atoms. The lowest BCUT2D eigenvalue weighted by Gasteiger charge is -2.49. The smallest absolute Gasteiger partial charge is 0.507 e. The SMILES string of the molecule is Cc1n[nH]cc1-c1cc(O)c(-c2ccc(N(C)C3CC(C)(C)NC(C)(C)C3)nn2)c(OC(F)(F)F)c1. The average Bonchev–Trinajstić information content (AvgIpc) is 3.16. The molecule has 1 fully saturated rings. The molecule has 0 aliphatic carbocycles. The Morgan fingerprint density at radius 2 is 1.75 bits per heavy atom. The van der Waals surface area contributed by atoms with Crippen LogP contribution in [0.3, 0.4) is 0 Å². The molecule has 1 saturated heterocycles. The predicted molar refractivity (Wildman–Crippen MR) is 131 cm³/mol. The number of hydrogen-bond donors (Lipinski definition) is 3. The molecule has 8 nitrogen and oxygen atoms in total. The van der Waals surface area contributed by atoms with Gasteiger partial charge in [0.05, 0.1) is 11.3 Å². The number of aromatic hydroxyl groups is 1. The zero-order valence-electron chi connectivity index (χ0n) is 21.2. The molecule has 194 valence electrons. The summed E-state index contributed by atoms with van der Waals surface area (Å²) in [6.45, 7) is 10.3. The van der Waals surface area contributed by atoms with Gasteiger partial charge in [-0.25, -0.2) is 0 Å². The molecule has 3 N–H and O–H groups in total. The van der Waals surface area contributed by atoms with E-state index < -0.39 is 17.9 Å². The molecule has 0 radical (unpaired) electrons. The third kappa shape index (κ3) is 5.56. The molecule has 2 aromatic heterocycles. The van der Waals surface area contributed by atoms with Crippen LogP contribution in [0.2, 0.25) is 0 Å². The summed E-state index contributed by atoms with van der Waals surface area (Å²) in [5, 5.41) is 29.5. The maximum atomic E-state index is 13.3. The topological polar surface area (TPSA) is 99.2 Å². The molecule has 1 aliphatic rings. The Bertz CT molecular complexity index is 1220. The largest absolute Gasteiger partial charge is 0.573 e. The summed E-state index contributed by atoms with van der Waals surface area (Å²) < 4.78 is 44.0. The lowest BCUT2D eigenvalue weighted by Crippen LogP contribution is -2.62. The van der Waals surface area contributed by atoms with Crippen LogP contribution in [-0.2, 0) is 0 Å². The van der Waals surface area contributed by atoms with Gasteiger partial charge in [0.25, 0.3) is 0 Å². The van der Waals surface area contributed by atoms with Gasteiger partial charge in [0.2, 0.25) is 0 Å². The number of aryl methyl sites for hydroxylation is 1. The lowest BCUT2D eigenvalue weighted by molar-refractivity contribution is -0.274. The van der Waals surface area contributed by atoms with Crippen molar-refractivity contribution in [2.24, 2.45) is 0 Å². The number of H-pyrrole nitrogens is 1. The number of ether oxygens (including phenoxy) is 1. The number of benzene rings is 1. The minimum absolute atomic E-state index is 0.0605. The van der Waals surface area contributed by atoms with Crippen LogP contribution in [0.5, 0.6) is 11.5 Å². The molecule has 0 atom stereocenters. The van der Waals surface area contributed by atoms with Gasteiger partial charge in [0, 0.05) is 35.9 Å². The second-order valence-electron chi connectivity index (χ2n) is 10.6. The van der Waals surface area contributed by atoms with Crippen molar-refractivity contribution in [2.75, 3.05) is 11.9 Å². The number of nitrogens with one attached hydrogen (secondary N) is 2. The Morgan fingerprint density at radius 3 is 2.28 bits per heavy atom. The number of aromatic amines is 1.